The lowest BCUT2D eigenvalue weighted by atomic mass is 10.3. The van der Waals surface area contributed by atoms with Gasteiger partial charge in [0, 0.05) is 0 Å². The quantitative estimate of drug-likeness (QED) is 0.586. The first-order chi connectivity index (χ1) is 4.66. The molecule has 0 saturated heterocycles. The van der Waals surface area contributed by atoms with Crippen LogP contribution in [0.4, 0.5) is 0 Å². The van der Waals surface area contributed by atoms with Crippen molar-refractivity contribution in [1.29, 1.82) is 0 Å². The van der Waals surface area contributed by atoms with E-state index >= 15 is 0 Å². The van der Waals surface area contributed by atoms with Gasteiger partial charge >= 0.3 is 0 Å². The zero-order valence-electron chi connectivity index (χ0n) is 6.47. The minimum absolute atomic E-state index is 0.0139. The maximum Gasteiger partial charge on any atom is 0.285 e. The average Bonchev–Trinajstić information content (AvgIpc) is 2.17. The minimum atomic E-state index is -0.0139. The second kappa shape index (κ2) is 2.33. The van der Waals surface area contributed by atoms with E-state index < -0.39 is 0 Å². The Kier molecular flexibility index (Phi) is 1.66. The third kappa shape index (κ3) is 0.875. The van der Waals surface area contributed by atoms with Gasteiger partial charge < -0.3 is 4.52 Å². The van der Waals surface area contributed by atoms with E-state index in [1.54, 1.807) is 13.8 Å². The van der Waals surface area contributed by atoms with Crippen molar-refractivity contribution in [2.75, 3.05) is 0 Å². The van der Waals surface area contributed by atoms with Gasteiger partial charge in [-0.25, -0.2) is 0 Å². The first-order valence-electron chi connectivity index (χ1n) is 3.34. The molecule has 1 heterocycles. The summed E-state index contributed by atoms with van der Waals surface area (Å²) in [5.41, 5.74) is 0.696. The van der Waals surface area contributed by atoms with E-state index in [0.29, 0.717) is 17.9 Å². The highest BCUT2D eigenvalue weighted by molar-refractivity contribution is 5.09. The van der Waals surface area contributed by atoms with Crippen LogP contribution in [0.1, 0.15) is 18.2 Å². The highest BCUT2D eigenvalue weighted by atomic mass is 16.5. The SMILES string of the molecule is CCn1oc(C)c(C)c1=O. The lowest BCUT2D eigenvalue weighted by Gasteiger charge is -1.88. The number of rotatable bonds is 1. The van der Waals surface area contributed by atoms with Crippen molar-refractivity contribution < 1.29 is 4.52 Å². The van der Waals surface area contributed by atoms with Gasteiger partial charge in [-0.3, -0.25) is 4.79 Å². The zero-order valence-corrected chi connectivity index (χ0v) is 6.47. The van der Waals surface area contributed by atoms with E-state index in [1.807, 2.05) is 6.92 Å². The molecule has 0 spiro atoms. The largest absolute Gasteiger partial charge is 0.381 e. The van der Waals surface area contributed by atoms with Crippen LogP contribution in [-0.4, -0.2) is 4.74 Å². The van der Waals surface area contributed by atoms with Crippen LogP contribution in [0.15, 0.2) is 9.32 Å². The van der Waals surface area contributed by atoms with E-state index in [4.69, 9.17) is 4.52 Å². The molecule has 0 fully saturated rings. The summed E-state index contributed by atoms with van der Waals surface area (Å²) in [6, 6.07) is 0. The number of aryl methyl sites for hydroxylation is 2. The molecule has 0 unspecified atom stereocenters. The maximum atomic E-state index is 11.1. The van der Waals surface area contributed by atoms with E-state index in [9.17, 15) is 4.79 Å². The van der Waals surface area contributed by atoms with Crippen LogP contribution in [0.25, 0.3) is 0 Å². The standard InChI is InChI=1S/C7H11NO2/c1-4-8-7(9)5(2)6(3)10-8/h4H2,1-3H3. The Balaban J connectivity index is 3.31. The van der Waals surface area contributed by atoms with Crippen molar-refractivity contribution in [2.24, 2.45) is 0 Å². The van der Waals surface area contributed by atoms with Gasteiger partial charge in [0.2, 0.25) is 0 Å². The van der Waals surface area contributed by atoms with Crippen LogP contribution in [-0.2, 0) is 6.54 Å². The maximum absolute atomic E-state index is 11.1. The molecule has 1 aromatic heterocycles. The summed E-state index contributed by atoms with van der Waals surface area (Å²) in [4.78, 5) is 11.1. The lowest BCUT2D eigenvalue weighted by molar-refractivity contribution is 0.257. The number of hydrogen-bond acceptors (Lipinski definition) is 2. The first-order valence-corrected chi connectivity index (χ1v) is 3.34. The highest BCUT2D eigenvalue weighted by Gasteiger charge is 2.05. The van der Waals surface area contributed by atoms with E-state index in [-0.39, 0.29) is 5.56 Å². The molecule has 10 heavy (non-hydrogen) atoms. The summed E-state index contributed by atoms with van der Waals surface area (Å²) in [6.07, 6.45) is 0. The molecule has 3 nitrogen and oxygen atoms in total. The molecule has 0 aliphatic rings. The predicted molar refractivity (Wildman–Crippen MR) is 38.1 cm³/mol. The van der Waals surface area contributed by atoms with Gasteiger partial charge in [0.15, 0.2) is 0 Å². The highest BCUT2D eigenvalue weighted by Crippen LogP contribution is 1.99. The van der Waals surface area contributed by atoms with Gasteiger partial charge in [-0.15, -0.1) is 0 Å². The summed E-state index contributed by atoms with van der Waals surface area (Å²) in [7, 11) is 0. The number of hydrogen-bond donors (Lipinski definition) is 0. The van der Waals surface area contributed by atoms with Crippen molar-refractivity contribution in [2.45, 2.75) is 27.3 Å². The molecular formula is C7H11NO2. The van der Waals surface area contributed by atoms with Crippen molar-refractivity contribution >= 4 is 0 Å². The molecule has 0 aliphatic carbocycles. The van der Waals surface area contributed by atoms with E-state index in [2.05, 4.69) is 0 Å². The topological polar surface area (TPSA) is 35.1 Å². The van der Waals surface area contributed by atoms with Crippen molar-refractivity contribution in [3.8, 4) is 0 Å². The molecule has 0 N–H and O–H groups in total. The molecule has 1 rings (SSSR count). The minimum Gasteiger partial charge on any atom is -0.381 e. The Bertz CT molecular complexity index is 282. The van der Waals surface area contributed by atoms with Crippen LogP contribution in [0, 0.1) is 13.8 Å². The molecule has 0 atom stereocenters. The summed E-state index contributed by atoms with van der Waals surface area (Å²) in [6.45, 7) is 6.05. The Morgan fingerprint density at radius 2 is 2.10 bits per heavy atom. The summed E-state index contributed by atoms with van der Waals surface area (Å²) in [5, 5.41) is 0. The Morgan fingerprint density at radius 1 is 1.50 bits per heavy atom. The molecule has 0 saturated carbocycles. The molecule has 56 valence electrons. The normalized spacial score (nSPS) is 10.3. The fraction of sp³-hybridized carbons (Fsp3) is 0.571. The molecular weight excluding hydrogens is 130 g/mol. The lowest BCUT2D eigenvalue weighted by Crippen LogP contribution is -2.14. The Labute approximate surface area is 59.2 Å². The van der Waals surface area contributed by atoms with Gasteiger partial charge in [0.25, 0.3) is 5.56 Å². The third-order valence-electron chi connectivity index (χ3n) is 1.61. The predicted octanol–water partition coefficient (Wildman–Crippen LogP) is 1.08. The smallest absolute Gasteiger partial charge is 0.285 e. The number of nitrogens with zero attached hydrogens (tertiary/aromatic N) is 1. The van der Waals surface area contributed by atoms with Crippen LogP contribution < -0.4 is 5.56 Å². The fourth-order valence-corrected chi connectivity index (χ4v) is 0.821. The summed E-state index contributed by atoms with van der Waals surface area (Å²) >= 11 is 0. The molecule has 0 amide bonds. The molecule has 1 aromatic rings. The van der Waals surface area contributed by atoms with Gasteiger partial charge in [-0.2, -0.15) is 4.74 Å². The summed E-state index contributed by atoms with van der Waals surface area (Å²) in [5.74, 6) is 0.715. The van der Waals surface area contributed by atoms with Crippen molar-refractivity contribution in [1.82, 2.24) is 4.74 Å². The molecule has 0 bridgehead atoms. The third-order valence-corrected chi connectivity index (χ3v) is 1.61. The molecule has 0 aromatic carbocycles. The van der Waals surface area contributed by atoms with Crippen LogP contribution >= 0.6 is 0 Å². The second-order valence-corrected chi connectivity index (χ2v) is 2.27. The molecule has 0 aliphatic heterocycles. The van der Waals surface area contributed by atoms with Gasteiger partial charge in [-0.05, 0) is 20.8 Å². The fourth-order valence-electron chi connectivity index (χ4n) is 0.821. The summed E-state index contributed by atoms with van der Waals surface area (Å²) < 4.78 is 6.45. The Hall–Kier alpha value is -0.990. The molecule has 0 radical (unpaired) electrons. The average molecular weight is 141 g/mol. The van der Waals surface area contributed by atoms with E-state index in [0.717, 1.165) is 0 Å². The van der Waals surface area contributed by atoms with E-state index in [1.165, 1.54) is 4.74 Å². The Morgan fingerprint density at radius 3 is 2.30 bits per heavy atom. The van der Waals surface area contributed by atoms with Gasteiger partial charge in [-0.1, -0.05) is 0 Å². The monoisotopic (exact) mass is 141 g/mol. The number of aromatic nitrogens is 1. The van der Waals surface area contributed by atoms with Crippen LogP contribution in [0.5, 0.6) is 0 Å². The zero-order chi connectivity index (χ0) is 7.72. The first kappa shape index (κ1) is 7.12. The van der Waals surface area contributed by atoms with Crippen LogP contribution in [0.3, 0.4) is 0 Å². The van der Waals surface area contributed by atoms with Gasteiger partial charge in [0.05, 0.1) is 12.1 Å². The van der Waals surface area contributed by atoms with Crippen LogP contribution in [0.2, 0.25) is 0 Å². The molecule has 3 heteroatoms. The van der Waals surface area contributed by atoms with Gasteiger partial charge in [0.1, 0.15) is 5.76 Å². The van der Waals surface area contributed by atoms with Crippen molar-refractivity contribution in [3.05, 3.63) is 21.7 Å². The second-order valence-electron chi connectivity index (χ2n) is 2.27. The van der Waals surface area contributed by atoms with Crippen molar-refractivity contribution in [3.63, 3.8) is 0 Å².